The van der Waals surface area contributed by atoms with Gasteiger partial charge in [-0.15, -0.1) is 11.3 Å². The number of nitrogen functional groups attached to an aromatic ring is 1. The van der Waals surface area contributed by atoms with E-state index in [0.717, 1.165) is 14.9 Å². The van der Waals surface area contributed by atoms with Crippen LogP contribution in [-0.2, 0) is 6.54 Å². The fourth-order valence-corrected chi connectivity index (χ4v) is 3.13. The van der Waals surface area contributed by atoms with Crippen molar-refractivity contribution in [2.24, 2.45) is 0 Å². The molecule has 100 valence electrons. The molecular formula is C14H15BrN2OS. The molecule has 5 heteroatoms. The molecule has 0 atom stereocenters. The molecule has 3 nitrogen and oxygen atoms in total. The average Bonchev–Trinajstić information content (AvgIpc) is 2.72. The van der Waals surface area contributed by atoms with Crippen LogP contribution in [0, 0.1) is 6.92 Å². The van der Waals surface area contributed by atoms with E-state index < -0.39 is 0 Å². The van der Waals surface area contributed by atoms with Crippen LogP contribution in [-0.4, -0.2) is 17.9 Å². The Labute approximate surface area is 125 Å². The van der Waals surface area contributed by atoms with Gasteiger partial charge in [-0.2, -0.15) is 0 Å². The van der Waals surface area contributed by atoms with Crippen LogP contribution in [0.15, 0.2) is 33.4 Å². The number of halogens is 1. The number of thiophene rings is 1. The minimum absolute atomic E-state index is 0.0160. The summed E-state index contributed by atoms with van der Waals surface area (Å²) >= 11 is 5.04. The zero-order valence-electron chi connectivity index (χ0n) is 10.8. The lowest BCUT2D eigenvalue weighted by Gasteiger charge is -2.17. The molecule has 0 aliphatic heterocycles. The van der Waals surface area contributed by atoms with Gasteiger partial charge in [0.05, 0.1) is 3.79 Å². The highest BCUT2D eigenvalue weighted by atomic mass is 79.9. The maximum Gasteiger partial charge on any atom is 0.253 e. The molecule has 0 spiro atoms. The van der Waals surface area contributed by atoms with E-state index in [1.165, 1.54) is 0 Å². The smallest absolute Gasteiger partial charge is 0.253 e. The second-order valence-corrected chi connectivity index (χ2v) is 6.84. The molecule has 2 rings (SSSR count). The minimum Gasteiger partial charge on any atom is -0.399 e. The Balaban J connectivity index is 2.14. The van der Waals surface area contributed by atoms with Crippen molar-refractivity contribution < 1.29 is 4.79 Å². The van der Waals surface area contributed by atoms with E-state index >= 15 is 0 Å². The summed E-state index contributed by atoms with van der Waals surface area (Å²) in [5, 5.41) is 2.04. The fourth-order valence-electron chi connectivity index (χ4n) is 1.93. The number of hydrogen-bond donors (Lipinski definition) is 1. The fraction of sp³-hybridized carbons (Fsp3) is 0.214. The predicted octanol–water partition coefficient (Wildman–Crippen LogP) is 3.67. The summed E-state index contributed by atoms with van der Waals surface area (Å²) < 4.78 is 1.07. The topological polar surface area (TPSA) is 46.3 Å². The molecule has 1 amide bonds. The van der Waals surface area contributed by atoms with Gasteiger partial charge in [-0.05, 0) is 63.6 Å². The third-order valence-electron chi connectivity index (χ3n) is 2.73. The first-order valence-electron chi connectivity index (χ1n) is 5.81. The van der Waals surface area contributed by atoms with E-state index in [9.17, 15) is 4.79 Å². The normalized spacial score (nSPS) is 10.5. The van der Waals surface area contributed by atoms with E-state index in [1.807, 2.05) is 30.5 Å². The Kier molecular flexibility index (Phi) is 4.27. The molecule has 0 saturated heterocycles. The van der Waals surface area contributed by atoms with Crippen molar-refractivity contribution in [2.45, 2.75) is 13.5 Å². The van der Waals surface area contributed by atoms with Crippen LogP contribution >= 0.6 is 27.3 Å². The predicted molar refractivity (Wildman–Crippen MR) is 83.4 cm³/mol. The van der Waals surface area contributed by atoms with Crippen LogP contribution < -0.4 is 5.73 Å². The van der Waals surface area contributed by atoms with Crippen LogP contribution in [0.25, 0.3) is 0 Å². The van der Waals surface area contributed by atoms with Gasteiger partial charge in [0.25, 0.3) is 5.91 Å². The number of benzene rings is 1. The Morgan fingerprint density at radius 2 is 2.11 bits per heavy atom. The van der Waals surface area contributed by atoms with Crippen molar-refractivity contribution in [1.82, 2.24) is 4.90 Å². The van der Waals surface area contributed by atoms with Gasteiger partial charge in [0.1, 0.15) is 0 Å². The van der Waals surface area contributed by atoms with Crippen LogP contribution in [0.5, 0.6) is 0 Å². The number of carbonyl (C=O) groups is 1. The highest BCUT2D eigenvalue weighted by Crippen LogP contribution is 2.22. The molecule has 2 N–H and O–H groups in total. The summed E-state index contributed by atoms with van der Waals surface area (Å²) in [7, 11) is 1.80. The molecule has 1 aromatic carbocycles. The maximum atomic E-state index is 12.3. The SMILES string of the molecule is Cc1cc(N)cc(C(=O)N(C)Cc2csc(Br)c2)c1. The molecule has 2 aromatic rings. The Bertz CT molecular complexity index is 589. The Morgan fingerprint density at radius 1 is 1.37 bits per heavy atom. The van der Waals surface area contributed by atoms with Gasteiger partial charge >= 0.3 is 0 Å². The van der Waals surface area contributed by atoms with Crippen LogP contribution in [0.4, 0.5) is 5.69 Å². The second kappa shape index (κ2) is 5.75. The van der Waals surface area contributed by atoms with E-state index in [-0.39, 0.29) is 5.91 Å². The molecule has 0 aliphatic carbocycles. The zero-order chi connectivity index (χ0) is 14.0. The Morgan fingerprint density at radius 3 is 2.68 bits per heavy atom. The Hall–Kier alpha value is -1.33. The van der Waals surface area contributed by atoms with Gasteiger partial charge in [0, 0.05) is 24.8 Å². The third kappa shape index (κ3) is 3.58. The van der Waals surface area contributed by atoms with Crippen LogP contribution in [0.1, 0.15) is 21.5 Å². The lowest BCUT2D eigenvalue weighted by atomic mass is 10.1. The van der Waals surface area contributed by atoms with Crippen LogP contribution in [0.2, 0.25) is 0 Å². The maximum absolute atomic E-state index is 12.3. The molecule has 0 fully saturated rings. The lowest BCUT2D eigenvalue weighted by molar-refractivity contribution is 0.0785. The molecule has 0 bridgehead atoms. The van der Waals surface area contributed by atoms with Crippen molar-refractivity contribution in [3.05, 3.63) is 50.1 Å². The first kappa shape index (κ1) is 14.1. The molecule has 19 heavy (non-hydrogen) atoms. The summed E-state index contributed by atoms with van der Waals surface area (Å²) in [5.41, 5.74) is 9.15. The van der Waals surface area contributed by atoms with Gasteiger partial charge in [-0.1, -0.05) is 0 Å². The molecular weight excluding hydrogens is 324 g/mol. The number of hydrogen-bond acceptors (Lipinski definition) is 3. The van der Waals surface area contributed by atoms with Crippen LogP contribution in [0.3, 0.4) is 0 Å². The first-order chi connectivity index (χ1) is 8.95. The summed E-state index contributed by atoms with van der Waals surface area (Å²) in [4.78, 5) is 14.0. The molecule has 0 aliphatic rings. The van der Waals surface area contributed by atoms with Crippen molar-refractivity contribution in [3.63, 3.8) is 0 Å². The number of nitrogens with two attached hydrogens (primary N) is 1. The van der Waals surface area contributed by atoms with Crippen molar-refractivity contribution >= 4 is 38.9 Å². The summed E-state index contributed by atoms with van der Waals surface area (Å²) in [5.74, 6) is -0.0160. The second-order valence-electron chi connectivity index (χ2n) is 4.55. The molecule has 0 saturated carbocycles. The quantitative estimate of drug-likeness (QED) is 0.868. The van der Waals surface area contributed by atoms with E-state index in [1.54, 1.807) is 29.4 Å². The van der Waals surface area contributed by atoms with Gasteiger partial charge in [-0.25, -0.2) is 0 Å². The number of rotatable bonds is 3. The van der Waals surface area contributed by atoms with E-state index in [2.05, 4.69) is 15.9 Å². The molecule has 1 heterocycles. The minimum atomic E-state index is -0.0160. The molecule has 0 radical (unpaired) electrons. The third-order valence-corrected chi connectivity index (χ3v) is 4.29. The van der Waals surface area contributed by atoms with Gasteiger partial charge in [-0.3, -0.25) is 4.79 Å². The summed E-state index contributed by atoms with van der Waals surface area (Å²) in [6.45, 7) is 2.53. The van der Waals surface area contributed by atoms with Gasteiger partial charge in [0.2, 0.25) is 0 Å². The number of carbonyl (C=O) groups excluding carboxylic acids is 1. The van der Waals surface area contributed by atoms with Gasteiger partial charge in [0.15, 0.2) is 0 Å². The zero-order valence-corrected chi connectivity index (χ0v) is 13.2. The largest absolute Gasteiger partial charge is 0.399 e. The standard InChI is InChI=1S/C14H15BrN2OS/c1-9-3-11(6-12(16)4-9)14(18)17(2)7-10-5-13(15)19-8-10/h3-6,8H,7,16H2,1-2H3. The first-order valence-corrected chi connectivity index (χ1v) is 7.48. The summed E-state index contributed by atoms with van der Waals surface area (Å²) in [6, 6.07) is 7.46. The lowest BCUT2D eigenvalue weighted by Crippen LogP contribution is -2.26. The number of nitrogens with zero attached hydrogens (tertiary/aromatic N) is 1. The summed E-state index contributed by atoms with van der Waals surface area (Å²) in [6.07, 6.45) is 0. The number of aryl methyl sites for hydroxylation is 1. The monoisotopic (exact) mass is 338 g/mol. The van der Waals surface area contributed by atoms with E-state index in [4.69, 9.17) is 5.73 Å². The van der Waals surface area contributed by atoms with Gasteiger partial charge < -0.3 is 10.6 Å². The van der Waals surface area contributed by atoms with Crippen molar-refractivity contribution in [3.8, 4) is 0 Å². The van der Waals surface area contributed by atoms with Crippen molar-refractivity contribution in [1.29, 1.82) is 0 Å². The highest BCUT2D eigenvalue weighted by Gasteiger charge is 2.13. The van der Waals surface area contributed by atoms with E-state index in [0.29, 0.717) is 17.8 Å². The number of amides is 1. The molecule has 1 aromatic heterocycles. The average molecular weight is 339 g/mol. The van der Waals surface area contributed by atoms with Crippen molar-refractivity contribution in [2.75, 3.05) is 12.8 Å². The molecule has 0 unspecified atom stereocenters. The number of anilines is 1. The highest BCUT2D eigenvalue weighted by molar-refractivity contribution is 9.11.